The molecule has 4 N–H and O–H groups in total. The van der Waals surface area contributed by atoms with Gasteiger partial charge in [-0.05, 0) is 41.6 Å². The Bertz CT molecular complexity index is 1560. The second-order valence-electron chi connectivity index (χ2n) is 12.1. The molecule has 1 heterocycles. The highest BCUT2D eigenvalue weighted by Gasteiger charge is 2.34. The second-order valence-corrected chi connectivity index (χ2v) is 12.1. The molecule has 1 aliphatic carbocycles. The number of amides is 1. The Labute approximate surface area is 279 Å². The van der Waals surface area contributed by atoms with Gasteiger partial charge in [0.05, 0.1) is 70.1 Å². The summed E-state index contributed by atoms with van der Waals surface area (Å²) in [5.74, 6) is -3.54. The molecule has 1 aromatic rings. The normalized spacial score (nSPS) is 11.5. The van der Waals surface area contributed by atoms with Crippen LogP contribution in [0.15, 0.2) is 42.5 Å². The number of fused-ring (bicyclic) bond motifs is 2. The van der Waals surface area contributed by atoms with E-state index in [-0.39, 0.29) is 71.2 Å². The molecule has 0 unspecified atom stereocenters. The number of aryl methyl sites for hydroxylation is 1. The Hall–Kier alpha value is -4.53. The van der Waals surface area contributed by atoms with Crippen LogP contribution in [0.4, 0.5) is 5.69 Å². The first-order valence-electron chi connectivity index (χ1n) is 15.7. The number of nitrogens with zero attached hydrogens (tertiary/aromatic N) is 3. The smallest absolute Gasteiger partial charge is 0.305 e. The fourth-order valence-corrected chi connectivity index (χ4v) is 5.14. The first-order valence-corrected chi connectivity index (χ1v) is 15.7. The van der Waals surface area contributed by atoms with Crippen LogP contribution in [0.3, 0.4) is 0 Å². The number of hydrogen-bond acceptors (Lipinski definition) is 8. The van der Waals surface area contributed by atoms with Crippen molar-refractivity contribution in [3.63, 3.8) is 0 Å². The van der Waals surface area contributed by atoms with E-state index in [0.29, 0.717) is 13.0 Å². The summed E-state index contributed by atoms with van der Waals surface area (Å²) in [4.78, 5) is 48.6. The van der Waals surface area contributed by atoms with Gasteiger partial charge in [-0.25, -0.2) is 4.58 Å². The van der Waals surface area contributed by atoms with Crippen LogP contribution in [0.1, 0.15) is 32.1 Å². The number of ether oxygens (including phenoxy) is 3. The minimum absolute atomic E-state index is 0.104. The van der Waals surface area contributed by atoms with Crippen molar-refractivity contribution in [3.8, 4) is 11.3 Å². The zero-order chi connectivity index (χ0) is 35.3. The molecule has 0 saturated carbocycles. The van der Waals surface area contributed by atoms with Gasteiger partial charge in [0.15, 0.2) is 0 Å². The van der Waals surface area contributed by atoms with Crippen LogP contribution in [0.2, 0.25) is 0 Å². The molecule has 1 aromatic carbocycles. The van der Waals surface area contributed by atoms with E-state index in [4.69, 9.17) is 29.5 Å². The van der Waals surface area contributed by atoms with Crippen molar-refractivity contribution in [2.24, 2.45) is 0 Å². The lowest BCUT2D eigenvalue weighted by atomic mass is 10.0. The summed E-state index contributed by atoms with van der Waals surface area (Å²) in [6.45, 7) is -0.522. The molecule has 0 bridgehead atoms. The van der Waals surface area contributed by atoms with E-state index in [9.17, 15) is 19.2 Å². The maximum atomic E-state index is 13.5. The van der Waals surface area contributed by atoms with Crippen LogP contribution in [0, 0.1) is 0 Å². The molecule has 3 rings (SSSR count). The summed E-state index contributed by atoms with van der Waals surface area (Å²) < 4.78 is 21.0. The van der Waals surface area contributed by atoms with Crippen LogP contribution in [-0.2, 0) is 39.9 Å². The van der Waals surface area contributed by atoms with Crippen molar-refractivity contribution in [2.45, 2.75) is 44.2 Å². The Morgan fingerprint density at radius 3 is 1.85 bits per heavy atom. The second kappa shape index (κ2) is 18.1. The SMILES string of the molecule is CN(C)c1ccc2cc3ccc(=[N+](C)C)cc-3n(CCCC(=O)NC(COCCC(=O)O)(COCCC(=O)O)COCCC(=O)O)c2c1. The van der Waals surface area contributed by atoms with Crippen molar-refractivity contribution < 1.29 is 48.7 Å². The van der Waals surface area contributed by atoms with E-state index < -0.39 is 23.4 Å². The monoisotopic (exact) mass is 671 g/mol. The van der Waals surface area contributed by atoms with E-state index in [1.54, 1.807) is 0 Å². The number of carbonyl (C=O) groups is 4. The predicted molar refractivity (Wildman–Crippen MR) is 179 cm³/mol. The summed E-state index contributed by atoms with van der Waals surface area (Å²) in [7, 11) is 7.93. The average molecular weight is 672 g/mol. The van der Waals surface area contributed by atoms with Crippen molar-refractivity contribution in [2.75, 3.05) is 72.7 Å². The van der Waals surface area contributed by atoms with Gasteiger partial charge in [-0.1, -0.05) is 6.07 Å². The molecule has 0 radical (unpaired) electrons. The summed E-state index contributed by atoms with van der Waals surface area (Å²) >= 11 is 0. The number of nitrogens with one attached hydrogen (secondary N) is 1. The van der Waals surface area contributed by atoms with Gasteiger partial charge in [0.1, 0.15) is 19.6 Å². The van der Waals surface area contributed by atoms with Crippen LogP contribution in [-0.4, -0.2) is 117 Å². The number of aromatic nitrogens is 1. The fourth-order valence-electron chi connectivity index (χ4n) is 5.14. The summed E-state index contributed by atoms with van der Waals surface area (Å²) in [6.07, 6.45) is -0.257. The van der Waals surface area contributed by atoms with Gasteiger partial charge in [0.25, 0.3) is 0 Å². The molecule has 1 amide bonds. The van der Waals surface area contributed by atoms with Gasteiger partial charge >= 0.3 is 17.9 Å². The summed E-state index contributed by atoms with van der Waals surface area (Å²) in [5, 5.41) is 32.1. The Morgan fingerprint density at radius 1 is 0.792 bits per heavy atom. The Morgan fingerprint density at radius 2 is 1.35 bits per heavy atom. The van der Waals surface area contributed by atoms with Crippen LogP contribution >= 0.6 is 0 Å². The molecule has 14 nitrogen and oxygen atoms in total. The standard InChI is InChI=1S/C34H46N4O10/c1-36(2)26-9-7-24-18-25-8-10-27(37(3)4)20-29(25)38(28(24)19-26)14-5-6-30(39)35-34(21-46-15-11-31(40)41,22-47-16-12-32(42)43)23-48-17-13-33(44)45/h7-10,18-20H,5-6,11-17,21-23H2,1-4H3,(H3-,35,39,40,41,42,43,44,45)/p+1. The van der Waals surface area contributed by atoms with E-state index >= 15 is 0 Å². The zero-order valence-corrected chi connectivity index (χ0v) is 28.1. The maximum absolute atomic E-state index is 13.5. The van der Waals surface area contributed by atoms with E-state index in [0.717, 1.165) is 33.2 Å². The van der Waals surface area contributed by atoms with Crippen LogP contribution < -0.4 is 20.1 Å². The molecule has 0 atom stereocenters. The van der Waals surface area contributed by atoms with Gasteiger partial charge in [0, 0.05) is 44.9 Å². The number of benzene rings is 2. The van der Waals surface area contributed by atoms with Crippen LogP contribution in [0.25, 0.3) is 22.2 Å². The lowest BCUT2D eigenvalue weighted by Gasteiger charge is -2.34. The molecule has 2 aliphatic rings. The number of hydrogen-bond donors (Lipinski definition) is 4. The van der Waals surface area contributed by atoms with Gasteiger partial charge < -0.3 is 44.3 Å². The highest BCUT2D eigenvalue weighted by Crippen LogP contribution is 2.30. The molecule has 0 fully saturated rings. The van der Waals surface area contributed by atoms with Gasteiger partial charge in [0.2, 0.25) is 11.3 Å². The van der Waals surface area contributed by atoms with E-state index in [1.165, 1.54) is 0 Å². The van der Waals surface area contributed by atoms with Crippen molar-refractivity contribution in [1.82, 2.24) is 14.5 Å². The van der Waals surface area contributed by atoms with Crippen molar-refractivity contribution in [3.05, 3.63) is 47.8 Å². The maximum Gasteiger partial charge on any atom is 0.305 e. The molecule has 262 valence electrons. The van der Waals surface area contributed by atoms with Gasteiger partial charge in [-0.3, -0.25) is 19.2 Å². The van der Waals surface area contributed by atoms with Gasteiger partial charge in [-0.2, -0.15) is 0 Å². The number of anilines is 1. The predicted octanol–water partition coefficient (Wildman–Crippen LogP) is 1.95. The van der Waals surface area contributed by atoms with E-state index in [1.807, 2.05) is 37.7 Å². The minimum Gasteiger partial charge on any atom is -0.481 e. The number of carboxylic acids is 3. The molecule has 14 heteroatoms. The number of carbonyl (C=O) groups excluding carboxylic acids is 1. The highest BCUT2D eigenvalue weighted by molar-refractivity contribution is 5.89. The molecule has 0 aromatic heterocycles. The molecule has 0 saturated heterocycles. The molecular formula is C34H47N4O10+. The number of pyridine rings is 1. The third-order valence-electron chi connectivity index (χ3n) is 7.66. The van der Waals surface area contributed by atoms with Crippen molar-refractivity contribution >= 4 is 40.4 Å². The Kier molecular flexibility index (Phi) is 14.3. The third kappa shape index (κ3) is 11.6. The molecule has 0 spiro atoms. The molecule has 1 aliphatic heterocycles. The molecule has 48 heavy (non-hydrogen) atoms. The van der Waals surface area contributed by atoms with Gasteiger partial charge in [-0.15, -0.1) is 0 Å². The average Bonchev–Trinajstić information content (AvgIpc) is 3.02. The summed E-state index contributed by atoms with van der Waals surface area (Å²) in [5.41, 5.74) is 2.81. The van der Waals surface area contributed by atoms with Crippen molar-refractivity contribution in [1.29, 1.82) is 0 Å². The largest absolute Gasteiger partial charge is 0.481 e. The number of aliphatic carboxylic acids is 3. The number of carboxylic acid groups (broad SMARTS) is 3. The highest BCUT2D eigenvalue weighted by atomic mass is 16.5. The molecular weight excluding hydrogens is 624 g/mol. The Balaban J connectivity index is 1.86. The van der Waals surface area contributed by atoms with Crippen LogP contribution in [0.5, 0.6) is 0 Å². The van der Waals surface area contributed by atoms with E-state index in [2.05, 4.69) is 52.3 Å². The zero-order valence-electron chi connectivity index (χ0n) is 28.1. The third-order valence-corrected chi connectivity index (χ3v) is 7.66. The number of rotatable bonds is 21. The fraction of sp³-hybridized carbons (Fsp3) is 0.500. The lowest BCUT2D eigenvalue weighted by molar-refractivity contribution is -0.140. The first-order chi connectivity index (χ1) is 22.8. The summed E-state index contributed by atoms with van der Waals surface area (Å²) in [6, 6.07) is 14.7. The first kappa shape index (κ1) is 37.9. The lowest BCUT2D eigenvalue weighted by Crippen LogP contribution is -2.58. The topological polar surface area (TPSA) is 180 Å². The quantitative estimate of drug-likeness (QED) is 0.0739. The minimum atomic E-state index is -1.33.